The number of piperidine rings is 1. The molecule has 46 heavy (non-hydrogen) atoms. The zero-order valence-electron chi connectivity index (χ0n) is 25.3. The monoisotopic (exact) mass is 646 g/mol. The zero-order valence-corrected chi connectivity index (χ0v) is 25.3. The third-order valence-electron chi connectivity index (χ3n) is 9.29. The molecule has 2 unspecified atom stereocenters. The smallest absolute Gasteiger partial charge is 0.324 e. The van der Waals surface area contributed by atoms with Crippen LogP contribution in [0.1, 0.15) is 47.6 Å². The highest BCUT2D eigenvalue weighted by molar-refractivity contribution is 6.03. The van der Waals surface area contributed by atoms with Crippen molar-refractivity contribution in [3.8, 4) is 0 Å². The molecule has 3 aromatic carbocycles. The number of Topliss-reactive ketones (excluding diaryl/α,β-unsaturated/α-hetero) is 2. The second-order valence-electron chi connectivity index (χ2n) is 11.9. The summed E-state index contributed by atoms with van der Waals surface area (Å²) in [5.74, 6) is -1.50. The van der Waals surface area contributed by atoms with Gasteiger partial charge in [-0.1, -0.05) is 60.7 Å². The fraction of sp³-hybridized carbons (Fsp3) is 0.412. The lowest BCUT2D eigenvalue weighted by Crippen LogP contribution is -2.78. The first-order chi connectivity index (χ1) is 21.7. The molecular formula is C34H36F6N4O2. The average Bonchev–Trinajstić information content (AvgIpc) is 3.04. The molecule has 3 aromatic rings. The van der Waals surface area contributed by atoms with Gasteiger partial charge in [0, 0.05) is 25.7 Å². The largest absolute Gasteiger partial charge is 0.416 e. The van der Waals surface area contributed by atoms with E-state index < -0.39 is 58.2 Å². The fourth-order valence-electron chi connectivity index (χ4n) is 7.37. The summed E-state index contributed by atoms with van der Waals surface area (Å²) >= 11 is 0. The second-order valence-corrected chi connectivity index (χ2v) is 11.9. The standard InChI is InChI=1S/C34H36F6N4O2/c1-23(45)31(26-18-27(33(35,36)37)20-28(19-26)34(38,39)40)32(30(46)21-41,25-10-6-3-7-11-25)44(17-14-42-31)29-12-15-43(16-13-29)22-24-8-4-2-5-9-24/h2-11,18-20,29,42H,12-17,21-22,41H2,1H3. The van der Waals surface area contributed by atoms with E-state index >= 15 is 0 Å². The van der Waals surface area contributed by atoms with Gasteiger partial charge in [0.1, 0.15) is 11.1 Å². The Kier molecular flexibility index (Phi) is 9.47. The zero-order chi connectivity index (χ0) is 33.3. The van der Waals surface area contributed by atoms with E-state index in [1.54, 1.807) is 30.3 Å². The number of likely N-dealkylation sites (tertiary alicyclic amines) is 1. The number of carbonyl (C=O) groups excluding carboxylic acids is 2. The van der Waals surface area contributed by atoms with Gasteiger partial charge in [0.2, 0.25) is 0 Å². The van der Waals surface area contributed by atoms with Crippen LogP contribution in [-0.2, 0) is 39.6 Å². The number of nitrogens with one attached hydrogen (secondary N) is 1. The van der Waals surface area contributed by atoms with Crippen molar-refractivity contribution in [2.45, 2.75) is 55.8 Å². The summed E-state index contributed by atoms with van der Waals surface area (Å²) < 4.78 is 84.9. The van der Waals surface area contributed by atoms with Crippen LogP contribution in [0.5, 0.6) is 0 Å². The van der Waals surface area contributed by atoms with Crippen LogP contribution in [0.25, 0.3) is 0 Å². The highest BCUT2D eigenvalue weighted by atomic mass is 19.4. The number of hydrogen-bond acceptors (Lipinski definition) is 6. The molecule has 0 aliphatic carbocycles. The van der Waals surface area contributed by atoms with E-state index in [2.05, 4.69) is 10.2 Å². The van der Waals surface area contributed by atoms with Crippen LogP contribution in [0.4, 0.5) is 26.3 Å². The van der Waals surface area contributed by atoms with Crippen LogP contribution >= 0.6 is 0 Å². The predicted octanol–water partition coefficient (Wildman–Crippen LogP) is 5.50. The lowest BCUT2D eigenvalue weighted by atomic mass is 9.60. The van der Waals surface area contributed by atoms with Crippen molar-refractivity contribution in [1.82, 2.24) is 15.1 Å². The quantitative estimate of drug-likeness (QED) is 0.315. The van der Waals surface area contributed by atoms with Crippen LogP contribution in [0, 0.1) is 0 Å². The van der Waals surface area contributed by atoms with Crippen LogP contribution in [0.2, 0.25) is 0 Å². The molecule has 5 rings (SSSR count). The minimum Gasteiger partial charge on any atom is -0.324 e. The summed E-state index contributed by atoms with van der Waals surface area (Å²) in [6.45, 7) is 2.65. The third-order valence-corrected chi connectivity index (χ3v) is 9.29. The minimum absolute atomic E-state index is 0.0217. The van der Waals surface area contributed by atoms with Crippen LogP contribution in [0.3, 0.4) is 0 Å². The van der Waals surface area contributed by atoms with Crippen molar-refractivity contribution in [3.05, 3.63) is 107 Å². The number of nitrogens with two attached hydrogens (primary N) is 1. The summed E-state index contributed by atoms with van der Waals surface area (Å²) in [5, 5.41) is 3.01. The number of halogens is 6. The van der Waals surface area contributed by atoms with Gasteiger partial charge in [0.25, 0.3) is 0 Å². The minimum atomic E-state index is -5.17. The van der Waals surface area contributed by atoms with E-state index in [0.717, 1.165) is 12.5 Å². The Balaban J connectivity index is 1.71. The first-order valence-electron chi connectivity index (χ1n) is 15.1. The van der Waals surface area contributed by atoms with Gasteiger partial charge in [-0.05, 0) is 67.7 Å². The number of rotatable bonds is 8. The van der Waals surface area contributed by atoms with Crippen molar-refractivity contribution < 1.29 is 35.9 Å². The normalized spacial score (nSPS) is 23.7. The average molecular weight is 647 g/mol. The Morgan fingerprint density at radius 2 is 1.37 bits per heavy atom. The van der Waals surface area contributed by atoms with E-state index in [4.69, 9.17) is 5.73 Å². The molecule has 0 amide bonds. The molecule has 12 heteroatoms. The maximum Gasteiger partial charge on any atom is 0.416 e. The van der Waals surface area contributed by atoms with Crippen molar-refractivity contribution in [2.75, 3.05) is 32.7 Å². The number of alkyl halides is 6. The van der Waals surface area contributed by atoms with Crippen LogP contribution in [0.15, 0.2) is 78.9 Å². The molecule has 2 fully saturated rings. The summed E-state index contributed by atoms with van der Waals surface area (Å²) in [6, 6.07) is 18.7. The van der Waals surface area contributed by atoms with Crippen LogP contribution in [-0.4, -0.2) is 60.1 Å². The van der Waals surface area contributed by atoms with Crippen LogP contribution < -0.4 is 11.1 Å². The number of nitrogens with zero attached hydrogens (tertiary/aromatic N) is 2. The molecule has 0 radical (unpaired) electrons. The number of carbonyl (C=O) groups is 2. The van der Waals surface area contributed by atoms with E-state index in [1.807, 2.05) is 35.2 Å². The lowest BCUT2D eigenvalue weighted by Gasteiger charge is -2.60. The number of hydrogen-bond donors (Lipinski definition) is 2. The molecule has 0 aromatic heterocycles. The van der Waals surface area contributed by atoms with Gasteiger partial charge in [-0.2, -0.15) is 26.3 Å². The van der Waals surface area contributed by atoms with Gasteiger partial charge in [0.15, 0.2) is 11.6 Å². The van der Waals surface area contributed by atoms with E-state index in [0.29, 0.717) is 44.6 Å². The summed E-state index contributed by atoms with van der Waals surface area (Å²) in [4.78, 5) is 32.7. The molecule has 2 aliphatic heterocycles. The molecule has 2 aliphatic rings. The molecular weight excluding hydrogens is 610 g/mol. The molecule has 2 heterocycles. The molecule has 3 N–H and O–H groups in total. The fourth-order valence-corrected chi connectivity index (χ4v) is 7.37. The number of ketones is 2. The molecule has 6 nitrogen and oxygen atoms in total. The molecule has 0 saturated carbocycles. The Morgan fingerprint density at radius 3 is 1.87 bits per heavy atom. The highest BCUT2D eigenvalue weighted by Gasteiger charge is 2.66. The van der Waals surface area contributed by atoms with Crippen molar-refractivity contribution in [2.24, 2.45) is 5.73 Å². The predicted molar refractivity (Wildman–Crippen MR) is 160 cm³/mol. The number of piperazine rings is 1. The maximum atomic E-state index is 14.5. The van der Waals surface area contributed by atoms with Gasteiger partial charge in [-0.25, -0.2) is 0 Å². The lowest BCUT2D eigenvalue weighted by molar-refractivity contribution is -0.159. The van der Waals surface area contributed by atoms with Gasteiger partial charge in [0.05, 0.1) is 17.7 Å². The topological polar surface area (TPSA) is 78.7 Å². The van der Waals surface area contributed by atoms with Crippen molar-refractivity contribution in [3.63, 3.8) is 0 Å². The number of benzene rings is 3. The summed E-state index contributed by atoms with van der Waals surface area (Å²) in [7, 11) is 0. The van der Waals surface area contributed by atoms with E-state index in [9.17, 15) is 35.9 Å². The van der Waals surface area contributed by atoms with E-state index in [1.165, 1.54) is 0 Å². The van der Waals surface area contributed by atoms with Crippen molar-refractivity contribution in [1.29, 1.82) is 0 Å². The maximum absolute atomic E-state index is 14.5. The van der Waals surface area contributed by atoms with Gasteiger partial charge >= 0.3 is 12.4 Å². The molecule has 2 atom stereocenters. The Labute approximate surface area is 263 Å². The summed E-state index contributed by atoms with van der Waals surface area (Å²) in [6.07, 6.45) is -9.24. The molecule has 0 bridgehead atoms. The Morgan fingerprint density at radius 1 is 0.826 bits per heavy atom. The third kappa shape index (κ3) is 5.99. The van der Waals surface area contributed by atoms with Crippen molar-refractivity contribution >= 4 is 11.6 Å². The first-order valence-corrected chi connectivity index (χ1v) is 15.1. The van der Waals surface area contributed by atoms with Gasteiger partial charge in [-0.15, -0.1) is 0 Å². The molecule has 0 spiro atoms. The van der Waals surface area contributed by atoms with Gasteiger partial charge < -0.3 is 5.73 Å². The SMILES string of the molecule is CC(=O)C1(c2cc(C(F)(F)F)cc(C(F)(F)F)c2)NCCN(C2CCN(Cc3ccccc3)CC2)C1(C(=O)CN)c1ccccc1. The first kappa shape index (κ1) is 33.8. The van der Waals surface area contributed by atoms with E-state index in [-0.39, 0.29) is 30.8 Å². The molecule has 2 saturated heterocycles. The molecule has 246 valence electrons. The summed E-state index contributed by atoms with van der Waals surface area (Å²) in [5.41, 5.74) is -0.734. The Hall–Kier alpha value is -3.58. The highest BCUT2D eigenvalue weighted by Crippen LogP contribution is 2.52. The van der Waals surface area contributed by atoms with Gasteiger partial charge in [-0.3, -0.25) is 24.7 Å². The second kappa shape index (κ2) is 12.9. The Bertz CT molecular complexity index is 1510.